The van der Waals surface area contributed by atoms with Crippen molar-refractivity contribution in [1.29, 1.82) is 0 Å². The van der Waals surface area contributed by atoms with Crippen molar-refractivity contribution in [2.24, 2.45) is 0 Å². The Hall–Kier alpha value is -6.15. The minimum absolute atomic E-state index is 0.0109. The van der Waals surface area contributed by atoms with Gasteiger partial charge < -0.3 is 9.80 Å². The number of hydrogen-bond acceptors (Lipinski definition) is 4. The quantitative estimate of drug-likeness (QED) is 0.174. The Bertz CT molecular complexity index is 3770. The van der Waals surface area contributed by atoms with Crippen molar-refractivity contribution in [3.8, 4) is 33.4 Å². The largest absolute Gasteiger partial charge is 0.416 e. The molecule has 404 valence electrons. The summed E-state index contributed by atoms with van der Waals surface area (Å²) in [5, 5.41) is 0. The number of aryl methyl sites for hydroxylation is 1. The molecule has 2 nitrogen and oxygen atoms in total. The second-order valence-electron chi connectivity index (χ2n) is 28.0. The standard InChI is InChI=1S/C72H73F3N2S2/c1-40-30-47(76-56-26-20-43(66(2,3)4)33-60(56)78-61-34-44(67(5,6)7)21-27-57(61)76)37-51-49-24-18-41(31-53(49)70(14,15)64(40)51)42-19-25-50-52-38-48(39-55(72(73,74)75)65(52)71(16,17)54(50)32-42)77-58-28-22-45(68(8,9)10)35-62(58)79-63-36-46(69(11,12)13)23-29-59(63)77/h18-39H,1-17H3. The summed E-state index contributed by atoms with van der Waals surface area (Å²) < 4.78 is 47.8. The summed E-state index contributed by atoms with van der Waals surface area (Å²) in [5.74, 6) is 0. The first kappa shape index (κ1) is 53.5. The molecule has 0 saturated carbocycles. The lowest BCUT2D eigenvalue weighted by Crippen LogP contribution is -2.23. The first-order chi connectivity index (χ1) is 36.7. The Labute approximate surface area is 476 Å². The second-order valence-corrected chi connectivity index (χ2v) is 30.1. The van der Waals surface area contributed by atoms with E-state index in [9.17, 15) is 0 Å². The molecular formula is C72H73F3N2S2. The second kappa shape index (κ2) is 17.4. The lowest BCUT2D eigenvalue weighted by Gasteiger charge is -2.36. The maximum atomic E-state index is 15.9. The van der Waals surface area contributed by atoms with Gasteiger partial charge in [0.2, 0.25) is 0 Å². The number of benzene rings is 8. The average molecular weight is 1090 g/mol. The number of hydrogen-bond donors (Lipinski definition) is 0. The number of halogens is 3. The molecule has 0 fully saturated rings. The normalized spacial score (nSPS) is 15.9. The van der Waals surface area contributed by atoms with Crippen LogP contribution in [-0.4, -0.2) is 0 Å². The van der Waals surface area contributed by atoms with E-state index in [0.29, 0.717) is 16.8 Å². The van der Waals surface area contributed by atoms with E-state index in [1.54, 1.807) is 11.8 Å². The van der Waals surface area contributed by atoms with E-state index in [-0.39, 0.29) is 27.1 Å². The van der Waals surface area contributed by atoms with E-state index in [4.69, 9.17) is 0 Å². The molecule has 8 aromatic rings. The number of rotatable bonds is 3. The summed E-state index contributed by atoms with van der Waals surface area (Å²) in [6, 6.07) is 48.3. The van der Waals surface area contributed by atoms with Crippen LogP contribution in [0.15, 0.2) is 153 Å². The highest BCUT2D eigenvalue weighted by Crippen LogP contribution is 2.61. The molecule has 7 heteroatoms. The van der Waals surface area contributed by atoms with Gasteiger partial charge in [-0.25, -0.2) is 0 Å². The molecular weight excluding hydrogens is 1010 g/mol. The number of fused-ring (bicyclic) bond motifs is 10. The highest BCUT2D eigenvalue weighted by molar-refractivity contribution is 8.00. The molecule has 0 saturated heterocycles. The van der Waals surface area contributed by atoms with Crippen LogP contribution >= 0.6 is 23.5 Å². The predicted molar refractivity (Wildman–Crippen MR) is 329 cm³/mol. The number of nitrogens with zero attached hydrogens (tertiary/aromatic N) is 2. The van der Waals surface area contributed by atoms with Crippen molar-refractivity contribution in [2.45, 2.75) is 176 Å². The predicted octanol–water partition coefficient (Wildman–Crippen LogP) is 22.4. The van der Waals surface area contributed by atoms with Crippen LogP contribution in [0, 0.1) is 6.92 Å². The third kappa shape index (κ3) is 8.60. The van der Waals surface area contributed by atoms with Gasteiger partial charge in [0, 0.05) is 41.8 Å². The van der Waals surface area contributed by atoms with Crippen LogP contribution in [0.25, 0.3) is 33.4 Å². The molecule has 2 aliphatic heterocycles. The molecule has 79 heavy (non-hydrogen) atoms. The lowest BCUT2D eigenvalue weighted by atomic mass is 9.78. The van der Waals surface area contributed by atoms with Gasteiger partial charge >= 0.3 is 6.18 Å². The fourth-order valence-corrected chi connectivity index (χ4v) is 15.3. The van der Waals surface area contributed by atoms with Gasteiger partial charge in [0.05, 0.1) is 28.3 Å². The summed E-state index contributed by atoms with van der Waals surface area (Å²) in [4.78, 5) is 9.12. The van der Waals surface area contributed by atoms with Gasteiger partial charge in [-0.2, -0.15) is 13.2 Å². The van der Waals surface area contributed by atoms with Gasteiger partial charge in [-0.1, -0.05) is 183 Å². The van der Waals surface area contributed by atoms with Crippen LogP contribution in [-0.2, 0) is 38.7 Å². The Morgan fingerprint density at radius 1 is 0.367 bits per heavy atom. The molecule has 0 aromatic heterocycles. The van der Waals surface area contributed by atoms with E-state index in [1.807, 2.05) is 31.7 Å². The molecule has 0 atom stereocenters. The summed E-state index contributed by atoms with van der Waals surface area (Å²) in [6.07, 6.45) is -4.60. The summed E-state index contributed by atoms with van der Waals surface area (Å²) >= 11 is 3.58. The van der Waals surface area contributed by atoms with Crippen molar-refractivity contribution in [3.63, 3.8) is 0 Å². The van der Waals surface area contributed by atoms with E-state index < -0.39 is 17.2 Å². The van der Waals surface area contributed by atoms with E-state index in [2.05, 4.69) is 235 Å². The summed E-state index contributed by atoms with van der Waals surface area (Å²) in [7, 11) is 0. The molecule has 0 bridgehead atoms. The van der Waals surface area contributed by atoms with Gasteiger partial charge in [-0.3, -0.25) is 0 Å². The molecule has 0 spiro atoms. The van der Waals surface area contributed by atoms with Crippen LogP contribution in [0.5, 0.6) is 0 Å². The van der Waals surface area contributed by atoms with Crippen molar-refractivity contribution in [2.75, 3.05) is 9.80 Å². The molecule has 0 amide bonds. The topological polar surface area (TPSA) is 6.48 Å². The summed E-state index contributed by atoms with van der Waals surface area (Å²) in [5.41, 5.74) is 19.8. The van der Waals surface area contributed by atoms with E-state index in [1.165, 1.54) is 77.3 Å². The maximum absolute atomic E-state index is 15.9. The van der Waals surface area contributed by atoms with E-state index >= 15 is 13.2 Å². The van der Waals surface area contributed by atoms with Crippen molar-refractivity contribution in [3.05, 3.63) is 189 Å². The fraction of sp³-hybridized carbons (Fsp3) is 0.333. The molecule has 0 N–H and O–H groups in total. The van der Waals surface area contributed by atoms with Crippen molar-refractivity contribution < 1.29 is 13.2 Å². The molecule has 2 aliphatic carbocycles. The SMILES string of the molecule is Cc1cc(N2c3ccc(C(C)(C)C)cc3Sc3cc(C(C)(C)C)ccc32)cc2c1C(C)(C)c1cc(-c3ccc4c(c3)C(C)(C)c3c-4cc(N4c5ccc(C(C)(C)C)cc5Sc5cc(C(C)(C)C)ccc54)cc3C(F)(F)F)ccc1-2. The molecule has 0 radical (unpaired) electrons. The summed E-state index contributed by atoms with van der Waals surface area (Å²) in [6.45, 7) is 37.7. The molecule has 12 rings (SSSR count). The first-order valence-electron chi connectivity index (χ1n) is 28.0. The minimum Gasteiger partial charge on any atom is -0.308 e. The van der Waals surface area contributed by atoms with Crippen LogP contribution in [0.4, 0.5) is 47.3 Å². The maximum Gasteiger partial charge on any atom is 0.416 e. The molecule has 8 aromatic carbocycles. The van der Waals surface area contributed by atoms with Gasteiger partial charge in [0.25, 0.3) is 0 Å². The average Bonchev–Trinajstić information content (AvgIpc) is 4.04. The minimum atomic E-state index is -4.60. The molecule has 2 heterocycles. The van der Waals surface area contributed by atoms with Gasteiger partial charge in [-0.05, 0) is 197 Å². The smallest absolute Gasteiger partial charge is 0.308 e. The van der Waals surface area contributed by atoms with Gasteiger partial charge in [0.1, 0.15) is 0 Å². The monoisotopic (exact) mass is 1090 g/mol. The number of anilines is 6. The lowest BCUT2D eigenvalue weighted by molar-refractivity contribution is -0.138. The highest BCUT2D eigenvalue weighted by Gasteiger charge is 2.46. The fourth-order valence-electron chi connectivity index (χ4n) is 13.1. The number of alkyl halides is 3. The third-order valence-electron chi connectivity index (χ3n) is 17.5. The Morgan fingerprint density at radius 2 is 0.696 bits per heavy atom. The molecule has 0 unspecified atom stereocenters. The van der Waals surface area contributed by atoms with Gasteiger partial charge in [0.15, 0.2) is 0 Å². The van der Waals surface area contributed by atoms with Crippen LogP contribution < -0.4 is 9.80 Å². The van der Waals surface area contributed by atoms with Gasteiger partial charge in [-0.15, -0.1) is 0 Å². The zero-order valence-electron chi connectivity index (χ0n) is 49.0. The Balaban J connectivity index is 0.957. The Morgan fingerprint density at radius 3 is 1.04 bits per heavy atom. The third-order valence-corrected chi connectivity index (χ3v) is 19.7. The van der Waals surface area contributed by atoms with Crippen LogP contribution in [0.1, 0.15) is 166 Å². The molecule has 4 aliphatic rings. The van der Waals surface area contributed by atoms with Crippen molar-refractivity contribution in [1.82, 2.24) is 0 Å². The van der Waals surface area contributed by atoms with Crippen LogP contribution in [0.3, 0.4) is 0 Å². The van der Waals surface area contributed by atoms with E-state index in [0.717, 1.165) is 49.1 Å². The van der Waals surface area contributed by atoms with Crippen molar-refractivity contribution >= 4 is 57.6 Å². The zero-order valence-corrected chi connectivity index (χ0v) is 50.7. The first-order valence-corrected chi connectivity index (χ1v) is 29.6. The zero-order chi connectivity index (χ0) is 56.6. The highest BCUT2D eigenvalue weighted by atomic mass is 32.2. The van der Waals surface area contributed by atoms with Crippen LogP contribution in [0.2, 0.25) is 0 Å². The Kier molecular flexibility index (Phi) is 11.8.